The summed E-state index contributed by atoms with van der Waals surface area (Å²) in [6.07, 6.45) is 1.76. The molecule has 0 radical (unpaired) electrons. The maximum Gasteiger partial charge on any atom is 0.234 e. The van der Waals surface area contributed by atoms with E-state index in [1.807, 2.05) is 96.8 Å². The van der Waals surface area contributed by atoms with Crippen LogP contribution < -0.4 is 10.2 Å². The minimum absolute atomic E-state index is 0.137. The van der Waals surface area contributed by atoms with Crippen LogP contribution in [0.3, 0.4) is 0 Å². The Balaban J connectivity index is 1.24. The lowest BCUT2D eigenvalue weighted by atomic mass is 9.90. The van der Waals surface area contributed by atoms with Gasteiger partial charge in [0.25, 0.3) is 0 Å². The molecule has 5 rings (SSSR count). The third-order valence-electron chi connectivity index (χ3n) is 6.25. The zero-order valence-corrected chi connectivity index (χ0v) is 19.7. The Morgan fingerprint density at radius 2 is 1.46 bits per heavy atom. The molecule has 0 aliphatic carbocycles. The van der Waals surface area contributed by atoms with E-state index in [-0.39, 0.29) is 11.8 Å². The van der Waals surface area contributed by atoms with E-state index < -0.39 is 0 Å². The Kier molecular flexibility index (Phi) is 6.66. The Bertz CT molecular complexity index is 1220. The molecule has 0 atom stereocenters. The predicted octanol–water partition coefficient (Wildman–Crippen LogP) is 4.40. The van der Waals surface area contributed by atoms with Crippen LogP contribution in [0.25, 0.3) is 0 Å². The second-order valence-electron chi connectivity index (χ2n) is 8.69. The van der Waals surface area contributed by atoms with Crippen LogP contribution in [-0.2, 0) is 4.79 Å². The minimum Gasteiger partial charge on any atom is -0.352 e. The summed E-state index contributed by atoms with van der Waals surface area (Å²) in [7, 11) is 0. The largest absolute Gasteiger partial charge is 0.352 e. The molecule has 4 aromatic rings. The monoisotopic (exact) mass is 464 g/mol. The van der Waals surface area contributed by atoms with Gasteiger partial charge in [-0.1, -0.05) is 60.7 Å². The summed E-state index contributed by atoms with van der Waals surface area (Å²) in [5, 5.41) is 11.9. The van der Waals surface area contributed by atoms with Crippen molar-refractivity contribution in [2.75, 3.05) is 36.4 Å². The maximum absolute atomic E-state index is 13.6. The highest BCUT2D eigenvalue weighted by atomic mass is 16.2. The number of aromatic nitrogens is 3. The number of piperazine rings is 1. The van der Waals surface area contributed by atoms with Gasteiger partial charge in [0, 0.05) is 32.4 Å². The van der Waals surface area contributed by atoms with Crippen molar-refractivity contribution in [3.63, 3.8) is 0 Å². The van der Waals surface area contributed by atoms with Crippen LogP contribution in [0.1, 0.15) is 22.6 Å². The second kappa shape index (κ2) is 10.3. The van der Waals surface area contributed by atoms with Gasteiger partial charge < -0.3 is 15.1 Å². The molecule has 1 amide bonds. The van der Waals surface area contributed by atoms with E-state index in [0.717, 1.165) is 28.3 Å². The number of aryl methyl sites for hydroxylation is 1. The number of anilines is 3. The molecule has 35 heavy (non-hydrogen) atoms. The van der Waals surface area contributed by atoms with Crippen LogP contribution in [-0.4, -0.2) is 52.2 Å². The zero-order valence-electron chi connectivity index (χ0n) is 19.7. The summed E-state index contributed by atoms with van der Waals surface area (Å²) in [5.74, 6) is 2.03. The van der Waals surface area contributed by atoms with Gasteiger partial charge in [0.1, 0.15) is 5.82 Å². The first-order valence-electron chi connectivity index (χ1n) is 11.8. The highest BCUT2D eigenvalue weighted by Gasteiger charge is 2.30. The number of nitrogens with one attached hydrogen (secondary N) is 1. The SMILES string of the molecule is Cc1ccnc(Nc2ccc(N3CCN(C(=O)C(c4ccccc4)c4ccccc4)CC3)nn2)c1. The molecule has 2 aromatic carbocycles. The molecule has 2 aromatic heterocycles. The Labute approximate surface area is 205 Å². The normalized spacial score (nSPS) is 13.7. The molecular weight excluding hydrogens is 436 g/mol. The maximum atomic E-state index is 13.6. The number of carbonyl (C=O) groups is 1. The highest BCUT2D eigenvalue weighted by molar-refractivity contribution is 5.87. The van der Waals surface area contributed by atoms with Crippen molar-refractivity contribution in [1.29, 1.82) is 0 Å². The van der Waals surface area contributed by atoms with E-state index in [4.69, 9.17) is 0 Å². The van der Waals surface area contributed by atoms with Gasteiger partial charge in [0.15, 0.2) is 11.6 Å². The van der Waals surface area contributed by atoms with Crippen LogP contribution in [0, 0.1) is 6.92 Å². The summed E-state index contributed by atoms with van der Waals surface area (Å²) >= 11 is 0. The quantitative estimate of drug-likeness (QED) is 0.456. The van der Waals surface area contributed by atoms with E-state index in [9.17, 15) is 4.79 Å². The van der Waals surface area contributed by atoms with Crippen LogP contribution in [0.4, 0.5) is 17.5 Å². The van der Waals surface area contributed by atoms with Crippen molar-refractivity contribution in [3.05, 3.63) is 108 Å². The molecule has 7 heteroatoms. The average Bonchev–Trinajstić information content (AvgIpc) is 2.91. The Hall–Kier alpha value is -4.26. The van der Waals surface area contributed by atoms with Gasteiger partial charge >= 0.3 is 0 Å². The number of hydrogen-bond donors (Lipinski definition) is 1. The molecule has 7 nitrogen and oxygen atoms in total. The summed E-state index contributed by atoms with van der Waals surface area (Å²) in [5.41, 5.74) is 3.16. The van der Waals surface area contributed by atoms with E-state index in [1.54, 1.807) is 6.20 Å². The van der Waals surface area contributed by atoms with Crippen molar-refractivity contribution in [2.45, 2.75) is 12.8 Å². The average molecular weight is 465 g/mol. The number of benzene rings is 2. The summed E-state index contributed by atoms with van der Waals surface area (Å²) in [6.45, 7) is 4.73. The number of rotatable bonds is 6. The Morgan fingerprint density at radius 3 is 2.03 bits per heavy atom. The number of nitrogens with zero attached hydrogens (tertiary/aromatic N) is 5. The molecular formula is C28H28N6O. The third kappa shape index (κ3) is 5.30. The van der Waals surface area contributed by atoms with Crippen molar-refractivity contribution >= 4 is 23.4 Å². The fourth-order valence-electron chi connectivity index (χ4n) is 4.40. The van der Waals surface area contributed by atoms with Gasteiger partial charge in [-0.3, -0.25) is 4.79 Å². The second-order valence-corrected chi connectivity index (χ2v) is 8.69. The van der Waals surface area contributed by atoms with Gasteiger partial charge in [-0.05, 0) is 47.9 Å². The molecule has 3 heterocycles. The summed E-state index contributed by atoms with van der Waals surface area (Å²) in [6, 6.07) is 27.8. The first kappa shape index (κ1) is 22.5. The van der Waals surface area contributed by atoms with Gasteiger partial charge in [0.05, 0.1) is 5.92 Å². The minimum atomic E-state index is -0.302. The number of pyridine rings is 1. The van der Waals surface area contributed by atoms with E-state index in [2.05, 4.69) is 25.4 Å². The van der Waals surface area contributed by atoms with Crippen molar-refractivity contribution in [2.24, 2.45) is 0 Å². The number of carbonyl (C=O) groups excluding carboxylic acids is 1. The van der Waals surface area contributed by atoms with Crippen LogP contribution >= 0.6 is 0 Å². The van der Waals surface area contributed by atoms with Crippen LogP contribution in [0.15, 0.2) is 91.1 Å². The zero-order chi connectivity index (χ0) is 24.0. The summed E-state index contributed by atoms with van der Waals surface area (Å²) in [4.78, 5) is 22.1. The van der Waals surface area contributed by atoms with Crippen LogP contribution in [0.5, 0.6) is 0 Å². The van der Waals surface area contributed by atoms with Crippen molar-refractivity contribution < 1.29 is 4.79 Å². The number of hydrogen-bond acceptors (Lipinski definition) is 6. The van der Waals surface area contributed by atoms with E-state index in [1.165, 1.54) is 0 Å². The van der Waals surface area contributed by atoms with Gasteiger partial charge in [-0.25, -0.2) is 4.98 Å². The molecule has 176 valence electrons. The summed E-state index contributed by atoms with van der Waals surface area (Å²) < 4.78 is 0. The number of amides is 1. The molecule has 0 saturated carbocycles. The van der Waals surface area contributed by atoms with Gasteiger partial charge in [0.2, 0.25) is 5.91 Å². The molecule has 1 fully saturated rings. The molecule has 0 spiro atoms. The standard InChI is InChI=1S/C28H28N6O/c1-21-14-15-29-25(20-21)30-24-12-13-26(32-31-24)33-16-18-34(19-17-33)28(35)27(22-8-4-2-5-9-22)23-10-6-3-7-11-23/h2-15,20,27H,16-19H2,1H3,(H,29,30,31). The molecule has 1 aliphatic rings. The predicted molar refractivity (Wildman–Crippen MR) is 138 cm³/mol. The van der Waals surface area contributed by atoms with E-state index in [0.29, 0.717) is 32.0 Å². The molecule has 1 N–H and O–H groups in total. The smallest absolute Gasteiger partial charge is 0.234 e. The topological polar surface area (TPSA) is 74.2 Å². The Morgan fingerprint density at radius 1 is 0.800 bits per heavy atom. The first-order chi connectivity index (χ1) is 17.2. The van der Waals surface area contributed by atoms with E-state index >= 15 is 0 Å². The fraction of sp³-hybridized carbons (Fsp3) is 0.214. The first-order valence-corrected chi connectivity index (χ1v) is 11.8. The third-order valence-corrected chi connectivity index (χ3v) is 6.25. The van der Waals surface area contributed by atoms with Gasteiger partial charge in [-0.2, -0.15) is 0 Å². The molecule has 0 bridgehead atoms. The lowest BCUT2D eigenvalue weighted by molar-refractivity contribution is -0.132. The molecule has 1 saturated heterocycles. The molecule has 0 unspecified atom stereocenters. The fourth-order valence-corrected chi connectivity index (χ4v) is 4.40. The van der Waals surface area contributed by atoms with Crippen molar-refractivity contribution in [1.82, 2.24) is 20.1 Å². The highest BCUT2D eigenvalue weighted by Crippen LogP contribution is 2.28. The van der Waals surface area contributed by atoms with Crippen LogP contribution in [0.2, 0.25) is 0 Å². The lowest BCUT2D eigenvalue weighted by Crippen LogP contribution is -2.50. The van der Waals surface area contributed by atoms with Gasteiger partial charge in [-0.15, -0.1) is 10.2 Å². The van der Waals surface area contributed by atoms with Crippen molar-refractivity contribution in [3.8, 4) is 0 Å². The molecule has 1 aliphatic heterocycles. The lowest BCUT2D eigenvalue weighted by Gasteiger charge is -2.37.